The molecule has 0 aromatic carbocycles. The molecule has 1 fully saturated rings. The third kappa shape index (κ3) is 5.80. The van der Waals surface area contributed by atoms with E-state index in [1.807, 2.05) is 0 Å². The summed E-state index contributed by atoms with van der Waals surface area (Å²) in [4.78, 5) is 15.5. The summed E-state index contributed by atoms with van der Waals surface area (Å²) in [6.07, 6.45) is 6.34. The second kappa shape index (κ2) is 9.86. The molecule has 0 spiro atoms. The van der Waals surface area contributed by atoms with Crippen molar-refractivity contribution >= 4 is 17.7 Å². The van der Waals surface area contributed by atoms with E-state index in [4.69, 9.17) is 9.47 Å². The summed E-state index contributed by atoms with van der Waals surface area (Å²) in [5, 5.41) is 11.7. The largest absolute Gasteiger partial charge is 0.476 e. The number of aromatic amines is 1. The lowest BCUT2D eigenvalue weighted by Crippen LogP contribution is -2.28. The molecule has 0 radical (unpaired) electrons. The molecule has 152 valence electrons. The molecule has 1 aliphatic rings. The average molecular weight is 395 g/mol. The van der Waals surface area contributed by atoms with Crippen LogP contribution in [0.15, 0.2) is 18.3 Å². The second-order valence-corrected chi connectivity index (χ2v) is 6.50. The smallest absolute Gasteiger partial charge is 0.407 e. The average Bonchev–Trinajstić information content (AvgIpc) is 3.35. The summed E-state index contributed by atoms with van der Waals surface area (Å²) in [6, 6.07) is 2.29. The Bertz CT molecular complexity index is 767. The topological polar surface area (TPSA) is 101 Å². The molecule has 0 saturated heterocycles. The van der Waals surface area contributed by atoms with Crippen LogP contribution >= 0.6 is 0 Å². The molecule has 2 aromatic heterocycles. The lowest BCUT2D eigenvalue weighted by molar-refractivity contribution is 0.101. The van der Waals surface area contributed by atoms with Crippen molar-refractivity contribution in [2.75, 3.05) is 18.5 Å². The number of unbranched alkanes of at least 4 members (excludes halogenated alkanes) is 1. The number of hydrogen-bond acceptors (Lipinski definition) is 6. The van der Waals surface area contributed by atoms with E-state index in [0.717, 1.165) is 25.7 Å². The van der Waals surface area contributed by atoms with E-state index in [0.29, 0.717) is 31.3 Å². The van der Waals surface area contributed by atoms with Gasteiger partial charge in [0.2, 0.25) is 0 Å². The first-order valence-electron chi connectivity index (χ1n) is 9.31. The normalized spacial score (nSPS) is 14.1. The zero-order valence-electron chi connectivity index (χ0n) is 15.3. The second-order valence-electron chi connectivity index (χ2n) is 6.50. The highest BCUT2D eigenvalue weighted by Gasteiger charge is 2.18. The summed E-state index contributed by atoms with van der Waals surface area (Å²) < 4.78 is 38.2. The van der Waals surface area contributed by atoms with E-state index in [2.05, 4.69) is 25.8 Å². The van der Waals surface area contributed by atoms with Gasteiger partial charge in [-0.05, 0) is 38.5 Å². The molecular weight excluding hydrogens is 372 g/mol. The first-order valence-corrected chi connectivity index (χ1v) is 9.31. The van der Waals surface area contributed by atoms with Gasteiger partial charge < -0.3 is 20.1 Å². The van der Waals surface area contributed by atoms with Crippen molar-refractivity contribution in [3.05, 3.63) is 30.0 Å². The van der Waals surface area contributed by atoms with Crippen molar-refractivity contribution in [1.82, 2.24) is 20.5 Å². The molecule has 0 bridgehead atoms. The quantitative estimate of drug-likeness (QED) is 0.560. The number of nitrogens with one attached hydrogen (secondary N) is 3. The van der Waals surface area contributed by atoms with Gasteiger partial charge >= 0.3 is 6.09 Å². The van der Waals surface area contributed by atoms with Crippen LogP contribution in [0.2, 0.25) is 0 Å². The molecule has 1 amide bonds. The molecule has 0 atom stereocenters. The molecule has 1 aliphatic carbocycles. The van der Waals surface area contributed by atoms with E-state index in [1.165, 1.54) is 6.20 Å². The van der Waals surface area contributed by atoms with Gasteiger partial charge in [-0.1, -0.05) is 0 Å². The third-order valence-corrected chi connectivity index (χ3v) is 4.31. The number of carbonyl (C=O) groups excluding carboxylic acids is 1. The minimum absolute atomic E-state index is 0.0282. The van der Waals surface area contributed by atoms with E-state index in [1.54, 1.807) is 6.07 Å². The van der Waals surface area contributed by atoms with Crippen molar-refractivity contribution in [1.29, 1.82) is 0 Å². The fraction of sp³-hybridized carbons (Fsp3) is 0.500. The van der Waals surface area contributed by atoms with Crippen LogP contribution in [-0.4, -0.2) is 40.5 Å². The first-order chi connectivity index (χ1) is 13.6. The zero-order chi connectivity index (χ0) is 19.8. The Labute approximate surface area is 161 Å². The van der Waals surface area contributed by atoms with Gasteiger partial charge in [-0.2, -0.15) is 10.1 Å². The molecule has 3 N–H and O–H groups in total. The number of H-pyrrole nitrogens is 1. The van der Waals surface area contributed by atoms with Crippen molar-refractivity contribution in [2.24, 2.45) is 0 Å². The summed E-state index contributed by atoms with van der Waals surface area (Å²) in [5.41, 5.74) is 0. The number of amides is 1. The van der Waals surface area contributed by atoms with E-state index >= 15 is 0 Å². The van der Waals surface area contributed by atoms with E-state index < -0.39 is 17.7 Å². The highest BCUT2D eigenvalue weighted by molar-refractivity contribution is 5.67. The van der Waals surface area contributed by atoms with Crippen molar-refractivity contribution < 1.29 is 23.0 Å². The first kappa shape index (κ1) is 19.8. The minimum atomic E-state index is -0.883. The Balaban J connectivity index is 1.37. The SMILES string of the molecule is O=C(NCCCCOc1nc(Nc2ccn[nH]2)c(F)cc1F)OC1CCCC1. The van der Waals surface area contributed by atoms with Gasteiger partial charge in [0.1, 0.15) is 11.9 Å². The van der Waals surface area contributed by atoms with Gasteiger partial charge in [-0.25, -0.2) is 13.6 Å². The maximum absolute atomic E-state index is 13.8. The summed E-state index contributed by atoms with van der Waals surface area (Å²) in [7, 11) is 0. The summed E-state index contributed by atoms with van der Waals surface area (Å²) >= 11 is 0. The van der Waals surface area contributed by atoms with Crippen LogP contribution in [0.25, 0.3) is 0 Å². The molecule has 28 heavy (non-hydrogen) atoms. The van der Waals surface area contributed by atoms with Gasteiger partial charge in [0.05, 0.1) is 12.8 Å². The van der Waals surface area contributed by atoms with Gasteiger partial charge in [-0.3, -0.25) is 5.10 Å². The predicted octanol–water partition coefficient (Wildman–Crippen LogP) is 3.65. The molecule has 0 unspecified atom stereocenters. The Morgan fingerprint density at radius 3 is 2.82 bits per heavy atom. The standard InChI is InChI=1S/C18H23F2N5O3/c19-13-11-14(20)17(24-16(13)23-15-7-9-22-25-15)27-10-4-3-8-21-18(26)28-12-5-1-2-6-12/h7,9,11-12H,1-6,8,10H2,(H,21,26)(H2,22,23,24,25). The van der Waals surface area contributed by atoms with Crippen LogP contribution in [0.4, 0.5) is 25.2 Å². The molecule has 3 rings (SSSR count). The Hall–Kier alpha value is -2.91. The fourth-order valence-corrected chi connectivity index (χ4v) is 2.88. The monoisotopic (exact) mass is 395 g/mol. The Kier molecular flexibility index (Phi) is 6.99. The molecule has 8 nitrogen and oxygen atoms in total. The number of rotatable bonds is 9. The number of pyridine rings is 1. The number of aromatic nitrogens is 3. The van der Waals surface area contributed by atoms with Crippen molar-refractivity contribution in [3.8, 4) is 5.88 Å². The number of anilines is 2. The molecule has 2 heterocycles. The van der Waals surface area contributed by atoms with Gasteiger partial charge in [0.15, 0.2) is 17.5 Å². The minimum Gasteiger partial charge on any atom is -0.476 e. The van der Waals surface area contributed by atoms with Crippen LogP contribution in [-0.2, 0) is 4.74 Å². The molecule has 1 saturated carbocycles. The van der Waals surface area contributed by atoms with Crippen molar-refractivity contribution in [3.63, 3.8) is 0 Å². The lowest BCUT2D eigenvalue weighted by Gasteiger charge is -2.12. The number of ether oxygens (including phenoxy) is 2. The van der Waals surface area contributed by atoms with Crippen molar-refractivity contribution in [2.45, 2.75) is 44.6 Å². The number of hydrogen-bond donors (Lipinski definition) is 3. The van der Waals surface area contributed by atoms with Crippen LogP contribution in [0, 0.1) is 11.6 Å². The summed E-state index contributed by atoms with van der Waals surface area (Å²) in [6.45, 7) is 0.610. The van der Waals surface area contributed by atoms with Gasteiger partial charge in [0.25, 0.3) is 5.88 Å². The highest BCUT2D eigenvalue weighted by Crippen LogP contribution is 2.23. The maximum atomic E-state index is 13.8. The van der Waals surface area contributed by atoms with E-state index in [-0.39, 0.29) is 24.4 Å². The van der Waals surface area contributed by atoms with Gasteiger partial charge in [-0.15, -0.1) is 0 Å². The number of alkyl carbamates (subject to hydrolysis) is 1. The third-order valence-electron chi connectivity index (χ3n) is 4.31. The molecule has 10 heteroatoms. The van der Waals surface area contributed by atoms with Crippen LogP contribution in [0.3, 0.4) is 0 Å². The van der Waals surface area contributed by atoms with Gasteiger partial charge in [0, 0.05) is 18.7 Å². The Morgan fingerprint density at radius 1 is 1.25 bits per heavy atom. The molecule has 2 aromatic rings. The predicted molar refractivity (Wildman–Crippen MR) is 97.5 cm³/mol. The number of nitrogens with zero attached hydrogens (tertiary/aromatic N) is 2. The molecular formula is C18H23F2N5O3. The summed E-state index contributed by atoms with van der Waals surface area (Å²) in [5.74, 6) is -1.77. The Morgan fingerprint density at radius 2 is 2.07 bits per heavy atom. The molecule has 0 aliphatic heterocycles. The number of carbonyl (C=O) groups is 1. The van der Waals surface area contributed by atoms with Crippen LogP contribution in [0.5, 0.6) is 5.88 Å². The number of halogens is 2. The lowest BCUT2D eigenvalue weighted by atomic mass is 10.3. The van der Waals surface area contributed by atoms with Crippen LogP contribution in [0.1, 0.15) is 38.5 Å². The van der Waals surface area contributed by atoms with Crippen LogP contribution < -0.4 is 15.4 Å². The highest BCUT2D eigenvalue weighted by atomic mass is 19.1. The maximum Gasteiger partial charge on any atom is 0.407 e. The van der Waals surface area contributed by atoms with E-state index in [9.17, 15) is 13.6 Å². The zero-order valence-corrected chi connectivity index (χ0v) is 15.3. The fourth-order valence-electron chi connectivity index (χ4n) is 2.88.